The summed E-state index contributed by atoms with van der Waals surface area (Å²) in [6, 6.07) is 12.8. The van der Waals surface area contributed by atoms with Gasteiger partial charge in [0.15, 0.2) is 6.29 Å². The van der Waals surface area contributed by atoms with Crippen LogP contribution in [0.25, 0.3) is 0 Å². The first-order valence-corrected chi connectivity index (χ1v) is 15.7. The average molecular weight is 558 g/mol. The van der Waals surface area contributed by atoms with Crippen molar-refractivity contribution in [3.05, 3.63) is 58.1 Å². The Morgan fingerprint density at radius 1 is 0.975 bits per heavy atom. The molecule has 4 nitrogen and oxygen atoms in total. The number of benzene rings is 2. The molecule has 2 aromatic rings. The van der Waals surface area contributed by atoms with E-state index in [9.17, 15) is 4.79 Å². The van der Waals surface area contributed by atoms with E-state index in [1.54, 1.807) is 6.07 Å². The number of carbonyl (C=O) groups is 1. The standard InChI is InChI=1S/C27H32ClN3O.C8H12/c1-29-26-27(13-4-3-5-14-27)22-10-9-20(19-11-15-30(2)16-12-19)17-25(22)31(26)24-8-6-7-23(28)21(24)18-32;1-2-8-6-4-3-5-7-8/h6-10,17-19H,3-5,11-16H2,1-2H3;1,8H,3-7H2. The van der Waals surface area contributed by atoms with Crippen molar-refractivity contribution in [3.63, 3.8) is 0 Å². The number of amidine groups is 1. The molecule has 5 heteroatoms. The van der Waals surface area contributed by atoms with Gasteiger partial charge in [0.1, 0.15) is 5.84 Å². The number of piperidine rings is 1. The Morgan fingerprint density at radius 2 is 1.68 bits per heavy atom. The van der Waals surface area contributed by atoms with Gasteiger partial charge in [0, 0.05) is 13.0 Å². The molecule has 0 aromatic heterocycles. The fourth-order valence-electron chi connectivity index (χ4n) is 7.50. The number of likely N-dealkylation sites (tertiary alicyclic amines) is 1. The molecule has 2 aliphatic heterocycles. The SMILES string of the molecule is C#CC1CCCCC1.CN=C1N(c2cccc(Cl)c2C=O)c2cc(C3CCN(C)CC3)ccc2C12CCCCC2. The minimum atomic E-state index is -0.0733. The van der Waals surface area contributed by atoms with Crippen LogP contribution in [0.15, 0.2) is 41.4 Å². The quantitative estimate of drug-likeness (QED) is 0.280. The van der Waals surface area contributed by atoms with Gasteiger partial charge < -0.3 is 4.90 Å². The maximum absolute atomic E-state index is 12.1. The first-order chi connectivity index (χ1) is 19.5. The fraction of sp³-hybridized carbons (Fsp3) is 0.543. The number of fused-ring (bicyclic) bond motifs is 2. The molecule has 2 heterocycles. The maximum Gasteiger partial charge on any atom is 0.153 e. The highest BCUT2D eigenvalue weighted by molar-refractivity contribution is 6.34. The number of hydrogen-bond acceptors (Lipinski definition) is 3. The number of aldehydes is 1. The molecule has 1 saturated heterocycles. The molecule has 0 atom stereocenters. The molecule has 212 valence electrons. The smallest absolute Gasteiger partial charge is 0.153 e. The summed E-state index contributed by atoms with van der Waals surface area (Å²) in [6.07, 6.45) is 21.1. The third-order valence-electron chi connectivity index (χ3n) is 9.76. The third kappa shape index (κ3) is 5.61. The van der Waals surface area contributed by atoms with Crippen LogP contribution in [0.3, 0.4) is 0 Å². The van der Waals surface area contributed by atoms with Gasteiger partial charge in [-0.05, 0) is 93.9 Å². The fourth-order valence-corrected chi connectivity index (χ4v) is 7.71. The Labute approximate surface area is 246 Å². The summed E-state index contributed by atoms with van der Waals surface area (Å²) >= 11 is 6.47. The molecule has 2 aromatic carbocycles. The van der Waals surface area contributed by atoms with E-state index >= 15 is 0 Å². The van der Waals surface area contributed by atoms with Crippen LogP contribution in [0.5, 0.6) is 0 Å². The molecular formula is C35H44ClN3O. The van der Waals surface area contributed by atoms with Gasteiger partial charge in [-0.15, -0.1) is 12.3 Å². The summed E-state index contributed by atoms with van der Waals surface area (Å²) in [6.45, 7) is 2.28. The van der Waals surface area contributed by atoms with E-state index in [-0.39, 0.29) is 5.41 Å². The molecule has 0 amide bonds. The van der Waals surface area contributed by atoms with Gasteiger partial charge in [0.2, 0.25) is 0 Å². The van der Waals surface area contributed by atoms with Gasteiger partial charge in [-0.1, -0.05) is 68.3 Å². The Kier molecular flexibility index (Phi) is 9.34. The lowest BCUT2D eigenvalue weighted by atomic mass is 9.69. The normalized spacial score (nSPS) is 22.4. The highest BCUT2D eigenvalue weighted by Crippen LogP contribution is 2.54. The Morgan fingerprint density at radius 3 is 2.30 bits per heavy atom. The van der Waals surface area contributed by atoms with Gasteiger partial charge in [-0.25, -0.2) is 0 Å². The lowest BCUT2D eigenvalue weighted by Crippen LogP contribution is -2.40. The van der Waals surface area contributed by atoms with Crippen LogP contribution < -0.4 is 4.90 Å². The van der Waals surface area contributed by atoms with Crippen LogP contribution in [0.4, 0.5) is 11.4 Å². The lowest BCUT2D eigenvalue weighted by Gasteiger charge is -2.35. The highest BCUT2D eigenvalue weighted by atomic mass is 35.5. The van der Waals surface area contributed by atoms with E-state index < -0.39 is 0 Å². The van der Waals surface area contributed by atoms with Gasteiger partial charge in [-0.2, -0.15) is 0 Å². The van der Waals surface area contributed by atoms with Crippen molar-refractivity contribution in [1.29, 1.82) is 0 Å². The molecule has 40 heavy (non-hydrogen) atoms. The minimum absolute atomic E-state index is 0.0733. The van der Waals surface area contributed by atoms with Gasteiger partial charge in [0.05, 0.1) is 27.4 Å². The van der Waals surface area contributed by atoms with E-state index in [1.807, 2.05) is 19.2 Å². The molecule has 0 N–H and O–H groups in total. The van der Waals surface area contributed by atoms with Crippen LogP contribution in [0.1, 0.15) is 104 Å². The molecule has 1 spiro atoms. The summed E-state index contributed by atoms with van der Waals surface area (Å²) < 4.78 is 0. The Hall–Kier alpha value is -2.61. The van der Waals surface area contributed by atoms with E-state index in [2.05, 4.69) is 41.0 Å². The van der Waals surface area contributed by atoms with Crippen molar-refractivity contribution < 1.29 is 4.79 Å². The Balaban J connectivity index is 0.000000348. The number of halogens is 1. The zero-order valence-corrected chi connectivity index (χ0v) is 25.1. The summed E-state index contributed by atoms with van der Waals surface area (Å²) in [5.74, 6) is 5.06. The van der Waals surface area contributed by atoms with Crippen LogP contribution in [0, 0.1) is 18.3 Å². The van der Waals surface area contributed by atoms with Crippen LogP contribution in [-0.2, 0) is 5.41 Å². The number of rotatable bonds is 3. The predicted molar refractivity (Wildman–Crippen MR) is 168 cm³/mol. The van der Waals surface area contributed by atoms with E-state index in [1.165, 1.54) is 81.0 Å². The topological polar surface area (TPSA) is 35.9 Å². The van der Waals surface area contributed by atoms with E-state index in [0.29, 0.717) is 22.4 Å². The number of carbonyl (C=O) groups excluding carboxylic acids is 1. The summed E-state index contributed by atoms with van der Waals surface area (Å²) in [5, 5.41) is 0.491. The number of aliphatic imine (C=N–C) groups is 1. The molecule has 2 aliphatic carbocycles. The molecule has 4 aliphatic rings. The molecule has 0 bridgehead atoms. The van der Waals surface area contributed by atoms with Crippen molar-refractivity contribution >= 4 is 35.1 Å². The predicted octanol–water partition coefficient (Wildman–Crippen LogP) is 8.54. The molecule has 3 fully saturated rings. The Bertz CT molecular complexity index is 1260. The number of nitrogens with zero attached hydrogens (tertiary/aromatic N) is 3. The molecule has 6 rings (SSSR count). The average Bonchev–Trinajstić information content (AvgIpc) is 3.26. The number of hydrogen-bond donors (Lipinski definition) is 0. The van der Waals surface area contributed by atoms with Crippen molar-refractivity contribution in [2.24, 2.45) is 10.9 Å². The summed E-state index contributed by atoms with van der Waals surface area (Å²) in [5.41, 5.74) is 5.27. The van der Waals surface area contributed by atoms with Crippen molar-refractivity contribution in [2.45, 2.75) is 88.4 Å². The largest absolute Gasteiger partial charge is 0.306 e. The van der Waals surface area contributed by atoms with Crippen LogP contribution >= 0.6 is 11.6 Å². The summed E-state index contributed by atoms with van der Waals surface area (Å²) in [7, 11) is 4.10. The molecule has 0 radical (unpaired) electrons. The molecular weight excluding hydrogens is 514 g/mol. The number of terminal acetylenes is 1. The second kappa shape index (κ2) is 12.9. The second-order valence-electron chi connectivity index (χ2n) is 12.2. The van der Waals surface area contributed by atoms with Crippen LogP contribution in [-0.4, -0.2) is 44.2 Å². The zero-order valence-electron chi connectivity index (χ0n) is 24.3. The monoisotopic (exact) mass is 557 g/mol. The van der Waals surface area contributed by atoms with E-state index in [0.717, 1.165) is 43.7 Å². The van der Waals surface area contributed by atoms with Crippen molar-refractivity contribution in [1.82, 2.24) is 4.90 Å². The van der Waals surface area contributed by atoms with Crippen molar-refractivity contribution in [3.8, 4) is 12.3 Å². The first kappa shape index (κ1) is 28.9. The highest BCUT2D eigenvalue weighted by Gasteiger charge is 2.50. The van der Waals surface area contributed by atoms with Crippen molar-refractivity contribution in [2.75, 3.05) is 32.1 Å². The first-order valence-electron chi connectivity index (χ1n) is 15.3. The van der Waals surface area contributed by atoms with Gasteiger partial charge in [-0.3, -0.25) is 14.7 Å². The van der Waals surface area contributed by atoms with Crippen LogP contribution in [0.2, 0.25) is 5.02 Å². The third-order valence-corrected chi connectivity index (χ3v) is 10.1. The van der Waals surface area contributed by atoms with Gasteiger partial charge in [0.25, 0.3) is 0 Å². The summed E-state index contributed by atoms with van der Waals surface area (Å²) in [4.78, 5) is 21.6. The number of anilines is 2. The minimum Gasteiger partial charge on any atom is -0.306 e. The maximum atomic E-state index is 12.1. The van der Waals surface area contributed by atoms with Gasteiger partial charge >= 0.3 is 0 Å². The second-order valence-corrected chi connectivity index (χ2v) is 12.6. The molecule has 2 saturated carbocycles. The molecule has 0 unspecified atom stereocenters. The van der Waals surface area contributed by atoms with E-state index in [4.69, 9.17) is 23.0 Å². The lowest BCUT2D eigenvalue weighted by molar-refractivity contribution is 0.112. The zero-order chi connectivity index (χ0) is 28.1.